The molecule has 190 valence electrons. The Hall–Kier alpha value is -2.54. The van der Waals surface area contributed by atoms with Crippen molar-refractivity contribution in [3.8, 4) is 0 Å². The van der Waals surface area contributed by atoms with Gasteiger partial charge in [-0.3, -0.25) is 19.4 Å². The third kappa shape index (κ3) is 11.2. The molecule has 0 aromatic rings. The van der Waals surface area contributed by atoms with Crippen LogP contribution in [0.1, 0.15) is 47.0 Å². The molecule has 0 aliphatic heterocycles. The molecule has 0 aliphatic rings. The Balaban J connectivity index is 5.49. The predicted octanol–water partition coefficient (Wildman–Crippen LogP) is -1.46. The van der Waals surface area contributed by atoms with Crippen LogP contribution in [-0.2, 0) is 19.2 Å². The van der Waals surface area contributed by atoms with Gasteiger partial charge in [0.15, 0.2) is 5.96 Å². The standard InChI is InChI=1S/C20H39N7O5S/c1-5-11(4)15(19(31)32)27-18(30)14(10(2)3)26-17(29)13(7-6-8-24-20(22)23)25-16(28)12(21)9-33/h10-15,33H,5-9,21H2,1-4H3,(H,25,28)(H,26,29)(H,27,30)(H,31,32)(H4,22,23,24). The fraction of sp³-hybridized carbons (Fsp3) is 0.750. The first-order chi connectivity index (χ1) is 15.3. The highest BCUT2D eigenvalue weighted by Crippen LogP contribution is 2.11. The maximum absolute atomic E-state index is 13.0. The van der Waals surface area contributed by atoms with Crippen molar-refractivity contribution in [3.63, 3.8) is 0 Å². The molecular weight excluding hydrogens is 450 g/mol. The highest BCUT2D eigenvalue weighted by molar-refractivity contribution is 7.80. The number of carboxylic acids is 1. The number of hydrogen-bond acceptors (Lipinski definition) is 7. The van der Waals surface area contributed by atoms with Crippen LogP contribution in [0, 0.1) is 11.8 Å². The van der Waals surface area contributed by atoms with E-state index in [1.54, 1.807) is 20.8 Å². The molecule has 5 unspecified atom stereocenters. The molecule has 0 aliphatic carbocycles. The third-order valence-electron chi connectivity index (χ3n) is 5.14. The van der Waals surface area contributed by atoms with Crippen LogP contribution in [0.2, 0.25) is 0 Å². The van der Waals surface area contributed by atoms with E-state index in [2.05, 4.69) is 33.6 Å². The Labute approximate surface area is 200 Å². The number of hydrogen-bond donors (Lipinski definition) is 8. The van der Waals surface area contributed by atoms with Crippen LogP contribution in [-0.4, -0.2) is 71.2 Å². The topological polar surface area (TPSA) is 215 Å². The molecule has 0 saturated carbocycles. The molecule has 0 aromatic carbocycles. The van der Waals surface area contributed by atoms with Crippen molar-refractivity contribution < 1.29 is 24.3 Å². The molecule has 5 atom stereocenters. The number of carbonyl (C=O) groups excluding carboxylic acids is 3. The lowest BCUT2D eigenvalue weighted by Crippen LogP contribution is -2.59. The second-order valence-corrected chi connectivity index (χ2v) is 8.60. The lowest BCUT2D eigenvalue weighted by Gasteiger charge is -2.28. The number of nitrogens with zero attached hydrogens (tertiary/aromatic N) is 1. The minimum absolute atomic E-state index is 0.0807. The molecule has 3 amide bonds. The molecule has 0 bridgehead atoms. The summed E-state index contributed by atoms with van der Waals surface area (Å²) < 4.78 is 0. The smallest absolute Gasteiger partial charge is 0.326 e. The normalized spacial score (nSPS) is 15.5. The lowest BCUT2D eigenvalue weighted by atomic mass is 9.97. The Kier molecular flexibility index (Phi) is 14.1. The summed E-state index contributed by atoms with van der Waals surface area (Å²) in [5, 5.41) is 17.2. The first-order valence-corrected chi connectivity index (χ1v) is 11.5. The summed E-state index contributed by atoms with van der Waals surface area (Å²) >= 11 is 3.99. The number of nitrogens with one attached hydrogen (secondary N) is 3. The summed E-state index contributed by atoms with van der Waals surface area (Å²) in [6.45, 7) is 7.21. The van der Waals surface area contributed by atoms with E-state index in [4.69, 9.17) is 17.2 Å². The van der Waals surface area contributed by atoms with Gasteiger partial charge in [-0.05, 0) is 24.7 Å². The zero-order valence-electron chi connectivity index (χ0n) is 19.7. The number of amides is 3. The number of carbonyl (C=O) groups is 4. The van der Waals surface area contributed by atoms with E-state index in [-0.39, 0.29) is 36.5 Å². The van der Waals surface area contributed by atoms with Gasteiger partial charge in [0.05, 0.1) is 6.04 Å². The Morgan fingerprint density at radius 3 is 2.00 bits per heavy atom. The first-order valence-electron chi connectivity index (χ1n) is 10.9. The van der Waals surface area contributed by atoms with E-state index in [0.717, 1.165) is 0 Å². The third-order valence-corrected chi connectivity index (χ3v) is 5.53. The van der Waals surface area contributed by atoms with E-state index in [0.29, 0.717) is 12.8 Å². The van der Waals surface area contributed by atoms with Crippen LogP contribution >= 0.6 is 12.6 Å². The van der Waals surface area contributed by atoms with Gasteiger partial charge in [0, 0.05) is 12.3 Å². The highest BCUT2D eigenvalue weighted by atomic mass is 32.1. The Morgan fingerprint density at radius 2 is 1.55 bits per heavy atom. The van der Waals surface area contributed by atoms with Gasteiger partial charge < -0.3 is 38.3 Å². The van der Waals surface area contributed by atoms with Gasteiger partial charge in [-0.15, -0.1) is 0 Å². The van der Waals surface area contributed by atoms with Crippen molar-refractivity contribution >= 4 is 42.3 Å². The van der Waals surface area contributed by atoms with Crippen molar-refractivity contribution in [1.82, 2.24) is 16.0 Å². The molecule has 33 heavy (non-hydrogen) atoms. The van der Waals surface area contributed by atoms with Gasteiger partial charge in [-0.2, -0.15) is 12.6 Å². The van der Waals surface area contributed by atoms with E-state index in [9.17, 15) is 24.3 Å². The number of nitrogens with two attached hydrogens (primary N) is 3. The minimum atomic E-state index is -1.16. The van der Waals surface area contributed by atoms with Crippen molar-refractivity contribution in [3.05, 3.63) is 0 Å². The number of guanidine groups is 1. The summed E-state index contributed by atoms with van der Waals surface area (Å²) in [5.74, 6) is -3.62. The molecule has 10 N–H and O–H groups in total. The van der Waals surface area contributed by atoms with Crippen LogP contribution in [0.15, 0.2) is 4.99 Å². The number of carboxylic acid groups (broad SMARTS) is 1. The van der Waals surface area contributed by atoms with Gasteiger partial charge >= 0.3 is 5.97 Å². The number of aliphatic carboxylic acids is 1. The lowest BCUT2D eigenvalue weighted by molar-refractivity contribution is -0.144. The Morgan fingerprint density at radius 1 is 0.970 bits per heavy atom. The van der Waals surface area contributed by atoms with Gasteiger partial charge in [0.1, 0.15) is 18.1 Å². The van der Waals surface area contributed by atoms with Crippen molar-refractivity contribution in [2.75, 3.05) is 12.3 Å². The fourth-order valence-corrected chi connectivity index (χ4v) is 3.01. The van der Waals surface area contributed by atoms with Crippen LogP contribution in [0.5, 0.6) is 0 Å². The molecular formula is C20H39N7O5S. The largest absolute Gasteiger partial charge is 0.480 e. The summed E-state index contributed by atoms with van der Waals surface area (Å²) in [7, 11) is 0. The van der Waals surface area contributed by atoms with Crippen LogP contribution in [0.25, 0.3) is 0 Å². The predicted molar refractivity (Wildman–Crippen MR) is 129 cm³/mol. The molecule has 0 spiro atoms. The minimum Gasteiger partial charge on any atom is -0.480 e. The van der Waals surface area contributed by atoms with Gasteiger partial charge in [0.25, 0.3) is 0 Å². The molecule has 0 saturated heterocycles. The van der Waals surface area contributed by atoms with Crippen LogP contribution < -0.4 is 33.2 Å². The second kappa shape index (κ2) is 15.3. The zero-order chi connectivity index (χ0) is 25.7. The summed E-state index contributed by atoms with van der Waals surface area (Å²) in [4.78, 5) is 53.5. The monoisotopic (exact) mass is 489 g/mol. The maximum atomic E-state index is 13.0. The molecule has 0 rings (SSSR count). The molecule has 0 fully saturated rings. The Bertz CT molecular complexity index is 700. The van der Waals surface area contributed by atoms with Crippen LogP contribution in [0.3, 0.4) is 0 Å². The van der Waals surface area contributed by atoms with E-state index >= 15 is 0 Å². The summed E-state index contributed by atoms with van der Waals surface area (Å²) in [6, 6.07) is -4.03. The fourth-order valence-electron chi connectivity index (χ4n) is 2.85. The summed E-state index contributed by atoms with van der Waals surface area (Å²) in [5.41, 5.74) is 16.3. The molecule has 0 aromatic heterocycles. The van der Waals surface area contributed by atoms with Gasteiger partial charge in [-0.25, -0.2) is 4.79 Å². The van der Waals surface area contributed by atoms with E-state index in [1.165, 1.54) is 0 Å². The van der Waals surface area contributed by atoms with E-state index < -0.39 is 47.9 Å². The second-order valence-electron chi connectivity index (χ2n) is 8.24. The molecule has 13 heteroatoms. The molecule has 0 heterocycles. The zero-order valence-corrected chi connectivity index (χ0v) is 20.6. The highest BCUT2D eigenvalue weighted by Gasteiger charge is 2.33. The average molecular weight is 490 g/mol. The summed E-state index contributed by atoms with van der Waals surface area (Å²) in [6.07, 6.45) is 1.11. The van der Waals surface area contributed by atoms with E-state index in [1.807, 2.05) is 6.92 Å². The average Bonchev–Trinajstić information content (AvgIpc) is 2.75. The SMILES string of the molecule is CCC(C)C(NC(=O)C(NC(=O)C(CCCN=C(N)N)NC(=O)C(N)CS)C(C)C)C(=O)O. The number of thiol groups is 1. The first kappa shape index (κ1) is 30.5. The molecule has 0 radical (unpaired) electrons. The molecule has 12 nitrogen and oxygen atoms in total. The number of aliphatic imine (C=N–C) groups is 1. The van der Waals surface area contributed by atoms with Crippen molar-refractivity contribution in [1.29, 1.82) is 0 Å². The quantitative estimate of drug-likeness (QED) is 0.0587. The number of rotatable bonds is 15. The maximum Gasteiger partial charge on any atom is 0.326 e. The van der Waals surface area contributed by atoms with Crippen molar-refractivity contribution in [2.45, 2.75) is 71.1 Å². The van der Waals surface area contributed by atoms with Crippen LogP contribution in [0.4, 0.5) is 0 Å². The van der Waals surface area contributed by atoms with Gasteiger partial charge in [0.2, 0.25) is 17.7 Å². The van der Waals surface area contributed by atoms with Gasteiger partial charge in [-0.1, -0.05) is 34.1 Å². The van der Waals surface area contributed by atoms with Crippen molar-refractivity contribution in [2.24, 2.45) is 34.0 Å².